The van der Waals surface area contributed by atoms with Crippen molar-refractivity contribution in [1.29, 1.82) is 0 Å². The van der Waals surface area contributed by atoms with Crippen molar-refractivity contribution in [2.45, 2.75) is 31.7 Å². The highest BCUT2D eigenvalue weighted by Crippen LogP contribution is 2.26. The van der Waals surface area contributed by atoms with Gasteiger partial charge in [-0.2, -0.15) is 0 Å². The van der Waals surface area contributed by atoms with Crippen LogP contribution in [0.1, 0.15) is 32.6 Å². The van der Waals surface area contributed by atoms with E-state index in [1.165, 1.54) is 17.3 Å². The van der Waals surface area contributed by atoms with Crippen LogP contribution in [0.3, 0.4) is 0 Å². The van der Waals surface area contributed by atoms with E-state index >= 15 is 0 Å². The van der Waals surface area contributed by atoms with Crippen molar-refractivity contribution >= 4 is 28.6 Å². The number of aryl methyl sites for hydroxylation is 3. The highest BCUT2D eigenvalue weighted by atomic mass is 32.2. The second kappa shape index (κ2) is 10.3. The van der Waals surface area contributed by atoms with Gasteiger partial charge in [-0.05, 0) is 67.8 Å². The Morgan fingerprint density at radius 1 is 0.917 bits per heavy atom. The molecule has 0 N–H and O–H groups in total. The highest BCUT2D eigenvalue weighted by molar-refractivity contribution is 7.98. The summed E-state index contributed by atoms with van der Waals surface area (Å²) < 4.78 is 7.08. The summed E-state index contributed by atoms with van der Waals surface area (Å²) in [5, 5.41) is 1.10. The summed E-state index contributed by atoms with van der Waals surface area (Å²) in [6.07, 6.45) is 0. The van der Waals surface area contributed by atoms with E-state index < -0.39 is 0 Å². The van der Waals surface area contributed by atoms with Gasteiger partial charge < -0.3 is 9.64 Å². The Morgan fingerprint density at radius 2 is 1.61 bits per heavy atom. The Bertz CT molecular complexity index is 1470. The third-order valence-electron chi connectivity index (χ3n) is 6.34. The first-order chi connectivity index (χ1) is 17.4. The lowest BCUT2D eigenvalue weighted by molar-refractivity contribution is 0.0303. The van der Waals surface area contributed by atoms with Crippen LogP contribution < -0.4 is 5.56 Å². The quantitative estimate of drug-likeness (QED) is 0.283. The number of hydrogen-bond donors (Lipinski definition) is 0. The second-order valence-corrected chi connectivity index (χ2v) is 10.2. The van der Waals surface area contributed by atoms with Crippen LogP contribution >= 0.6 is 11.8 Å². The SMILES string of the molecule is Cc1ccc(CSc2nc3cc(C(=O)N4CCOCC4)ccc3c(=O)n2-c2cc(C)cc(C)c2)cc1. The normalized spacial score (nSPS) is 13.8. The zero-order valence-electron chi connectivity index (χ0n) is 20.8. The number of thioether (sulfide) groups is 1. The molecule has 1 amide bonds. The molecule has 1 fully saturated rings. The molecule has 1 aliphatic rings. The molecule has 7 heteroatoms. The number of rotatable bonds is 5. The summed E-state index contributed by atoms with van der Waals surface area (Å²) in [6, 6.07) is 19.7. The molecule has 0 spiro atoms. The van der Waals surface area contributed by atoms with Crippen molar-refractivity contribution in [2.24, 2.45) is 0 Å². The van der Waals surface area contributed by atoms with Gasteiger partial charge in [-0.15, -0.1) is 0 Å². The maximum Gasteiger partial charge on any atom is 0.266 e. The van der Waals surface area contributed by atoms with E-state index in [9.17, 15) is 9.59 Å². The minimum atomic E-state index is -0.137. The minimum absolute atomic E-state index is 0.0608. The fourth-order valence-corrected chi connectivity index (χ4v) is 5.45. The molecular weight excluding hydrogens is 470 g/mol. The molecule has 36 heavy (non-hydrogen) atoms. The number of amides is 1. The molecule has 0 radical (unpaired) electrons. The Balaban J connectivity index is 1.60. The lowest BCUT2D eigenvalue weighted by Crippen LogP contribution is -2.40. The van der Waals surface area contributed by atoms with Crippen LogP contribution in [-0.2, 0) is 10.5 Å². The summed E-state index contributed by atoms with van der Waals surface area (Å²) in [7, 11) is 0. The van der Waals surface area contributed by atoms with Crippen molar-refractivity contribution in [3.63, 3.8) is 0 Å². The summed E-state index contributed by atoms with van der Waals surface area (Å²) >= 11 is 1.52. The first kappa shape index (κ1) is 24.3. The van der Waals surface area contributed by atoms with Crippen molar-refractivity contribution < 1.29 is 9.53 Å². The maximum absolute atomic E-state index is 13.8. The Morgan fingerprint density at radius 3 is 2.31 bits per heavy atom. The number of hydrogen-bond acceptors (Lipinski definition) is 5. The average Bonchev–Trinajstić information content (AvgIpc) is 2.87. The molecule has 184 valence electrons. The molecule has 3 aromatic carbocycles. The largest absolute Gasteiger partial charge is 0.378 e. The lowest BCUT2D eigenvalue weighted by Gasteiger charge is -2.26. The topological polar surface area (TPSA) is 64.4 Å². The Hall–Kier alpha value is -3.42. The number of ether oxygens (including phenoxy) is 1. The molecule has 1 aliphatic heterocycles. The Kier molecular flexibility index (Phi) is 6.94. The molecule has 0 saturated carbocycles. The molecule has 2 heterocycles. The molecule has 4 aromatic rings. The fraction of sp³-hybridized carbons (Fsp3) is 0.276. The molecule has 1 aromatic heterocycles. The van der Waals surface area contributed by atoms with E-state index in [0.29, 0.717) is 53.7 Å². The summed E-state index contributed by atoms with van der Waals surface area (Å²) in [4.78, 5) is 33.6. The van der Waals surface area contributed by atoms with Gasteiger partial charge in [0.2, 0.25) is 0 Å². The average molecular weight is 500 g/mol. The first-order valence-corrected chi connectivity index (χ1v) is 13.1. The van der Waals surface area contributed by atoms with Crippen LogP contribution in [0.2, 0.25) is 0 Å². The number of fused-ring (bicyclic) bond motifs is 1. The van der Waals surface area contributed by atoms with Gasteiger partial charge in [0.25, 0.3) is 11.5 Å². The van der Waals surface area contributed by atoms with Crippen molar-refractivity contribution in [3.05, 3.63) is 98.8 Å². The highest BCUT2D eigenvalue weighted by Gasteiger charge is 2.21. The van der Waals surface area contributed by atoms with Gasteiger partial charge in [0, 0.05) is 24.4 Å². The van der Waals surface area contributed by atoms with Crippen LogP contribution in [0.25, 0.3) is 16.6 Å². The maximum atomic E-state index is 13.8. The third-order valence-corrected chi connectivity index (χ3v) is 7.35. The standard InChI is InChI=1S/C29H29N3O3S/c1-19-4-6-22(7-5-19)18-36-29-30-26-17-23(27(33)31-10-12-35-13-11-31)8-9-25(26)28(34)32(29)24-15-20(2)14-21(3)16-24/h4-9,14-17H,10-13,18H2,1-3H3. The number of morpholine rings is 1. The fourth-order valence-electron chi connectivity index (χ4n) is 4.48. The van der Waals surface area contributed by atoms with Crippen molar-refractivity contribution in [3.8, 4) is 5.69 Å². The molecule has 0 atom stereocenters. The zero-order chi connectivity index (χ0) is 25.2. The van der Waals surface area contributed by atoms with E-state index in [0.717, 1.165) is 22.4 Å². The van der Waals surface area contributed by atoms with E-state index in [4.69, 9.17) is 9.72 Å². The molecule has 0 bridgehead atoms. The van der Waals surface area contributed by atoms with E-state index in [-0.39, 0.29) is 11.5 Å². The zero-order valence-corrected chi connectivity index (χ0v) is 21.6. The number of aromatic nitrogens is 2. The van der Waals surface area contributed by atoms with Gasteiger partial charge in [-0.3, -0.25) is 14.2 Å². The van der Waals surface area contributed by atoms with Gasteiger partial charge in [0.1, 0.15) is 0 Å². The predicted molar refractivity (Wildman–Crippen MR) is 144 cm³/mol. The predicted octanol–water partition coefficient (Wildman–Crippen LogP) is 5.08. The Labute approximate surface area is 214 Å². The summed E-state index contributed by atoms with van der Waals surface area (Å²) in [6.45, 7) is 8.33. The smallest absolute Gasteiger partial charge is 0.266 e. The molecule has 5 rings (SSSR count). The van der Waals surface area contributed by atoms with Gasteiger partial charge in [0.05, 0.1) is 29.8 Å². The lowest BCUT2D eigenvalue weighted by atomic mass is 10.1. The number of benzene rings is 3. The summed E-state index contributed by atoms with van der Waals surface area (Å²) in [5.41, 5.74) is 6.26. The van der Waals surface area contributed by atoms with Crippen molar-refractivity contribution in [2.75, 3.05) is 26.3 Å². The van der Waals surface area contributed by atoms with E-state index in [1.807, 2.05) is 26.0 Å². The first-order valence-electron chi connectivity index (χ1n) is 12.1. The molecule has 6 nitrogen and oxygen atoms in total. The molecule has 1 saturated heterocycles. The number of carbonyl (C=O) groups is 1. The van der Waals surface area contributed by atoms with Gasteiger partial charge in [0.15, 0.2) is 5.16 Å². The third kappa shape index (κ3) is 5.08. The molecule has 0 unspecified atom stereocenters. The number of carbonyl (C=O) groups excluding carboxylic acids is 1. The van der Waals surface area contributed by atoms with Crippen LogP contribution in [-0.4, -0.2) is 46.7 Å². The number of nitrogens with zero attached hydrogens (tertiary/aromatic N) is 3. The van der Waals surface area contributed by atoms with Gasteiger partial charge in [-0.25, -0.2) is 4.98 Å². The van der Waals surface area contributed by atoms with Crippen LogP contribution in [0.5, 0.6) is 0 Å². The second-order valence-electron chi connectivity index (χ2n) is 9.29. The summed E-state index contributed by atoms with van der Waals surface area (Å²) in [5.74, 6) is 0.615. The van der Waals surface area contributed by atoms with Crippen LogP contribution in [0, 0.1) is 20.8 Å². The molecular formula is C29H29N3O3S. The van der Waals surface area contributed by atoms with Gasteiger partial charge >= 0.3 is 0 Å². The van der Waals surface area contributed by atoms with Gasteiger partial charge in [-0.1, -0.05) is 47.7 Å². The van der Waals surface area contributed by atoms with Crippen LogP contribution in [0.15, 0.2) is 70.6 Å². The van der Waals surface area contributed by atoms with Crippen LogP contribution in [0.4, 0.5) is 0 Å². The van der Waals surface area contributed by atoms with Crippen molar-refractivity contribution in [1.82, 2.24) is 14.5 Å². The monoisotopic (exact) mass is 499 g/mol. The molecule has 0 aliphatic carbocycles. The minimum Gasteiger partial charge on any atom is -0.378 e. The van der Waals surface area contributed by atoms with E-state index in [2.05, 4.69) is 37.3 Å². The van der Waals surface area contributed by atoms with E-state index in [1.54, 1.807) is 27.7 Å².